The first-order valence-electron chi connectivity index (χ1n) is 5.32. The molecule has 1 heterocycles. The van der Waals surface area contributed by atoms with E-state index in [1.807, 2.05) is 31.3 Å². The first-order valence-corrected chi connectivity index (χ1v) is 6.51. The third-order valence-electron chi connectivity index (χ3n) is 2.24. The number of thiazole rings is 1. The summed E-state index contributed by atoms with van der Waals surface area (Å²) in [6.07, 6.45) is 1.82. The second-order valence-corrected chi connectivity index (χ2v) is 4.92. The minimum Gasteiger partial charge on any atom is -0.492 e. The van der Waals surface area contributed by atoms with Gasteiger partial charge in [-0.05, 0) is 30.7 Å². The van der Waals surface area contributed by atoms with Gasteiger partial charge in [-0.25, -0.2) is 4.98 Å². The van der Waals surface area contributed by atoms with Gasteiger partial charge in [-0.1, -0.05) is 11.6 Å². The molecule has 1 aromatic heterocycles. The Balaban J connectivity index is 2.30. The van der Waals surface area contributed by atoms with Crippen LogP contribution in [0.1, 0.15) is 11.9 Å². The molecule has 0 spiro atoms. The van der Waals surface area contributed by atoms with E-state index in [1.54, 1.807) is 11.3 Å². The molecule has 17 heavy (non-hydrogen) atoms. The average molecular weight is 269 g/mol. The standard InChI is InChI=1S/C12H13ClN2OS/c1-2-16-10-4-3-8(5-9(10)13)11-7-15-12(6-14)17-11/h3-5,7H,2,6,14H2,1H3. The van der Waals surface area contributed by atoms with Crippen LogP contribution >= 0.6 is 22.9 Å². The lowest BCUT2D eigenvalue weighted by molar-refractivity contribution is 0.340. The molecule has 0 atom stereocenters. The van der Waals surface area contributed by atoms with Gasteiger partial charge in [0.05, 0.1) is 16.5 Å². The van der Waals surface area contributed by atoms with Crippen LogP contribution in [0.2, 0.25) is 5.02 Å². The Kier molecular flexibility index (Phi) is 3.99. The third-order valence-corrected chi connectivity index (χ3v) is 3.61. The number of nitrogens with zero attached hydrogens (tertiary/aromatic N) is 1. The van der Waals surface area contributed by atoms with Crippen molar-refractivity contribution >= 4 is 22.9 Å². The molecule has 2 N–H and O–H groups in total. The predicted molar refractivity (Wildman–Crippen MR) is 71.6 cm³/mol. The SMILES string of the molecule is CCOc1ccc(-c2cnc(CN)s2)cc1Cl. The van der Waals surface area contributed by atoms with E-state index in [4.69, 9.17) is 22.1 Å². The Morgan fingerprint density at radius 2 is 2.29 bits per heavy atom. The number of rotatable bonds is 4. The van der Waals surface area contributed by atoms with Gasteiger partial charge in [0.25, 0.3) is 0 Å². The molecule has 0 aliphatic rings. The zero-order valence-electron chi connectivity index (χ0n) is 9.44. The van der Waals surface area contributed by atoms with Crippen molar-refractivity contribution in [1.82, 2.24) is 4.98 Å². The third kappa shape index (κ3) is 2.77. The lowest BCUT2D eigenvalue weighted by Crippen LogP contribution is -1.93. The molecule has 0 radical (unpaired) electrons. The van der Waals surface area contributed by atoms with E-state index in [0.717, 1.165) is 15.4 Å². The maximum atomic E-state index is 6.13. The Labute approximate surface area is 109 Å². The molecule has 3 nitrogen and oxygen atoms in total. The van der Waals surface area contributed by atoms with Gasteiger partial charge in [0.15, 0.2) is 0 Å². The fourth-order valence-electron chi connectivity index (χ4n) is 1.46. The molecule has 0 fully saturated rings. The smallest absolute Gasteiger partial charge is 0.137 e. The van der Waals surface area contributed by atoms with E-state index in [1.165, 1.54) is 0 Å². The van der Waals surface area contributed by atoms with Crippen LogP contribution in [0.25, 0.3) is 10.4 Å². The van der Waals surface area contributed by atoms with Gasteiger partial charge >= 0.3 is 0 Å². The van der Waals surface area contributed by atoms with Crippen LogP contribution in [0.3, 0.4) is 0 Å². The van der Waals surface area contributed by atoms with Crippen molar-refractivity contribution in [1.29, 1.82) is 0 Å². The fraction of sp³-hybridized carbons (Fsp3) is 0.250. The normalized spacial score (nSPS) is 10.5. The molecule has 0 saturated carbocycles. The first-order chi connectivity index (χ1) is 8.24. The molecule has 0 unspecified atom stereocenters. The Morgan fingerprint density at radius 3 is 2.88 bits per heavy atom. The van der Waals surface area contributed by atoms with Gasteiger partial charge in [0.1, 0.15) is 10.8 Å². The van der Waals surface area contributed by atoms with Crippen LogP contribution in [0.4, 0.5) is 0 Å². The molecule has 0 amide bonds. The van der Waals surface area contributed by atoms with Gasteiger partial charge in [0.2, 0.25) is 0 Å². The van der Waals surface area contributed by atoms with Crippen molar-refractivity contribution in [3.8, 4) is 16.2 Å². The summed E-state index contributed by atoms with van der Waals surface area (Å²) in [5.41, 5.74) is 6.57. The van der Waals surface area contributed by atoms with Gasteiger partial charge in [-0.15, -0.1) is 11.3 Å². The second kappa shape index (κ2) is 5.49. The molecule has 90 valence electrons. The van der Waals surface area contributed by atoms with E-state index in [9.17, 15) is 0 Å². The van der Waals surface area contributed by atoms with Gasteiger partial charge in [-0.3, -0.25) is 0 Å². The van der Waals surface area contributed by atoms with Crippen LogP contribution in [0.15, 0.2) is 24.4 Å². The monoisotopic (exact) mass is 268 g/mol. The largest absolute Gasteiger partial charge is 0.492 e. The highest BCUT2D eigenvalue weighted by molar-refractivity contribution is 7.15. The van der Waals surface area contributed by atoms with Crippen LogP contribution in [0.5, 0.6) is 5.75 Å². The van der Waals surface area contributed by atoms with Crippen LogP contribution < -0.4 is 10.5 Å². The summed E-state index contributed by atoms with van der Waals surface area (Å²) in [6.45, 7) is 3.01. The minimum absolute atomic E-state index is 0.468. The topological polar surface area (TPSA) is 48.1 Å². The molecule has 0 bridgehead atoms. The van der Waals surface area contributed by atoms with Crippen molar-refractivity contribution in [3.05, 3.63) is 34.4 Å². The number of benzene rings is 1. The highest BCUT2D eigenvalue weighted by Gasteiger charge is 2.07. The number of aromatic nitrogens is 1. The lowest BCUT2D eigenvalue weighted by Gasteiger charge is -2.06. The van der Waals surface area contributed by atoms with Crippen molar-refractivity contribution in [2.45, 2.75) is 13.5 Å². The van der Waals surface area contributed by atoms with Gasteiger partial charge in [0, 0.05) is 12.7 Å². The van der Waals surface area contributed by atoms with Crippen molar-refractivity contribution in [2.24, 2.45) is 5.73 Å². The molecule has 2 rings (SSSR count). The summed E-state index contributed by atoms with van der Waals surface area (Å²) in [5.74, 6) is 0.710. The molecule has 2 aromatic rings. The summed E-state index contributed by atoms with van der Waals surface area (Å²) >= 11 is 7.71. The van der Waals surface area contributed by atoms with Crippen LogP contribution in [-0.4, -0.2) is 11.6 Å². The highest BCUT2D eigenvalue weighted by atomic mass is 35.5. The number of nitrogens with two attached hydrogens (primary N) is 1. The van der Waals surface area contributed by atoms with E-state index in [0.29, 0.717) is 23.9 Å². The molecular formula is C12H13ClN2OS. The Hall–Kier alpha value is -1.10. The number of hydrogen-bond acceptors (Lipinski definition) is 4. The van der Waals surface area contributed by atoms with E-state index < -0.39 is 0 Å². The molecule has 0 aliphatic heterocycles. The van der Waals surface area contributed by atoms with Crippen LogP contribution in [-0.2, 0) is 6.54 Å². The summed E-state index contributed by atoms with van der Waals surface area (Å²) < 4.78 is 5.39. The maximum absolute atomic E-state index is 6.13. The number of hydrogen-bond donors (Lipinski definition) is 1. The predicted octanol–water partition coefficient (Wildman–Crippen LogP) is 3.32. The first kappa shape index (κ1) is 12.4. The second-order valence-electron chi connectivity index (χ2n) is 3.40. The van der Waals surface area contributed by atoms with Gasteiger partial charge < -0.3 is 10.5 Å². The molecule has 0 saturated heterocycles. The molecular weight excluding hydrogens is 256 g/mol. The zero-order chi connectivity index (χ0) is 12.3. The lowest BCUT2D eigenvalue weighted by atomic mass is 10.2. The minimum atomic E-state index is 0.468. The van der Waals surface area contributed by atoms with E-state index in [2.05, 4.69) is 4.98 Å². The number of ether oxygens (including phenoxy) is 1. The highest BCUT2D eigenvalue weighted by Crippen LogP contribution is 2.32. The summed E-state index contributed by atoms with van der Waals surface area (Å²) in [6, 6.07) is 5.74. The van der Waals surface area contributed by atoms with Crippen molar-refractivity contribution in [3.63, 3.8) is 0 Å². The average Bonchev–Trinajstić information content (AvgIpc) is 2.80. The number of halogens is 1. The molecule has 1 aromatic carbocycles. The Bertz CT molecular complexity index is 513. The van der Waals surface area contributed by atoms with Gasteiger partial charge in [-0.2, -0.15) is 0 Å². The summed E-state index contributed by atoms with van der Waals surface area (Å²) in [7, 11) is 0. The molecule has 0 aliphatic carbocycles. The van der Waals surface area contributed by atoms with Crippen molar-refractivity contribution in [2.75, 3.05) is 6.61 Å². The summed E-state index contributed by atoms with van der Waals surface area (Å²) in [4.78, 5) is 5.28. The van der Waals surface area contributed by atoms with E-state index in [-0.39, 0.29) is 0 Å². The summed E-state index contributed by atoms with van der Waals surface area (Å²) in [5, 5.41) is 1.54. The van der Waals surface area contributed by atoms with Crippen LogP contribution in [0, 0.1) is 0 Å². The van der Waals surface area contributed by atoms with Crippen molar-refractivity contribution < 1.29 is 4.74 Å². The zero-order valence-corrected chi connectivity index (χ0v) is 11.0. The maximum Gasteiger partial charge on any atom is 0.137 e. The van der Waals surface area contributed by atoms with E-state index >= 15 is 0 Å². The molecule has 5 heteroatoms. The fourth-order valence-corrected chi connectivity index (χ4v) is 2.49. The Morgan fingerprint density at radius 1 is 1.47 bits per heavy atom. The quantitative estimate of drug-likeness (QED) is 0.925.